The highest BCUT2D eigenvalue weighted by atomic mass is 35.5. The lowest BCUT2D eigenvalue weighted by Gasteiger charge is -1.97. The van der Waals surface area contributed by atoms with Crippen LogP contribution in [0.3, 0.4) is 0 Å². The highest BCUT2D eigenvalue weighted by Gasteiger charge is 2.38. The summed E-state index contributed by atoms with van der Waals surface area (Å²) in [4.78, 5) is 10.2. The lowest BCUT2D eigenvalue weighted by Crippen LogP contribution is -2.09. The predicted molar refractivity (Wildman–Crippen MR) is 37.4 cm³/mol. The molecule has 0 aromatic rings. The van der Waals surface area contributed by atoms with Gasteiger partial charge < -0.3 is 5.11 Å². The van der Waals surface area contributed by atoms with Crippen LogP contribution in [-0.4, -0.2) is 23.4 Å². The van der Waals surface area contributed by atoms with Gasteiger partial charge in [-0.15, -0.1) is 12.4 Å². The molecule has 2 atom stereocenters. The van der Waals surface area contributed by atoms with Crippen LogP contribution in [0.15, 0.2) is 0 Å². The maximum absolute atomic E-state index is 12.3. The van der Waals surface area contributed by atoms with Crippen LogP contribution >= 0.6 is 12.4 Å². The average Bonchev–Trinajstić information content (AvgIpc) is 2.13. The molecule has 1 aliphatic carbocycles. The number of aliphatic carboxylic acids is 1. The molecule has 0 aromatic heterocycles. The first-order chi connectivity index (χ1) is 4.61. The third kappa shape index (κ3) is 2.29. The molecule has 2 unspecified atom stereocenters. The van der Waals surface area contributed by atoms with Crippen molar-refractivity contribution in [1.29, 1.82) is 0 Å². The predicted octanol–water partition coefficient (Wildman–Crippen LogP) is 1.58. The number of carboxylic acids is 1. The van der Waals surface area contributed by atoms with Crippen molar-refractivity contribution in [3.8, 4) is 0 Å². The SMILES string of the molecule is Cl.O=C(O)C1CC(F)C(F)C1. The molecule has 0 saturated heterocycles. The molecular formula is C6H9ClF2O2. The van der Waals surface area contributed by atoms with Gasteiger partial charge in [0.25, 0.3) is 0 Å². The van der Waals surface area contributed by atoms with Gasteiger partial charge in [0, 0.05) is 0 Å². The van der Waals surface area contributed by atoms with E-state index in [4.69, 9.17) is 5.11 Å². The smallest absolute Gasteiger partial charge is 0.306 e. The second kappa shape index (κ2) is 3.85. The van der Waals surface area contributed by atoms with Crippen LogP contribution in [0.4, 0.5) is 8.78 Å². The van der Waals surface area contributed by atoms with E-state index in [1.807, 2.05) is 0 Å². The molecule has 5 heteroatoms. The first-order valence-electron chi connectivity index (χ1n) is 3.12. The highest BCUT2D eigenvalue weighted by Crippen LogP contribution is 2.30. The Morgan fingerprint density at radius 3 is 1.82 bits per heavy atom. The van der Waals surface area contributed by atoms with E-state index in [-0.39, 0.29) is 25.2 Å². The molecule has 1 N–H and O–H groups in total. The van der Waals surface area contributed by atoms with Crippen LogP contribution in [0.2, 0.25) is 0 Å². The number of alkyl halides is 2. The zero-order valence-electron chi connectivity index (χ0n) is 5.67. The first kappa shape index (κ1) is 10.6. The van der Waals surface area contributed by atoms with E-state index in [1.54, 1.807) is 0 Å². The summed E-state index contributed by atoms with van der Waals surface area (Å²) in [5.41, 5.74) is 0. The summed E-state index contributed by atoms with van der Waals surface area (Å²) in [5, 5.41) is 8.32. The van der Waals surface area contributed by atoms with Crippen LogP contribution in [0.5, 0.6) is 0 Å². The van der Waals surface area contributed by atoms with Crippen LogP contribution < -0.4 is 0 Å². The number of rotatable bonds is 1. The second-order valence-electron chi connectivity index (χ2n) is 2.54. The third-order valence-corrected chi connectivity index (χ3v) is 1.76. The Bertz CT molecular complexity index is 144. The lowest BCUT2D eigenvalue weighted by atomic mass is 10.1. The summed E-state index contributed by atoms with van der Waals surface area (Å²) in [6, 6.07) is 0. The largest absolute Gasteiger partial charge is 0.481 e. The molecule has 1 rings (SSSR count). The number of carboxylic acid groups (broad SMARTS) is 1. The molecule has 11 heavy (non-hydrogen) atoms. The summed E-state index contributed by atoms with van der Waals surface area (Å²) >= 11 is 0. The Morgan fingerprint density at radius 1 is 1.27 bits per heavy atom. The summed E-state index contributed by atoms with van der Waals surface area (Å²) < 4.78 is 24.6. The summed E-state index contributed by atoms with van der Waals surface area (Å²) in [5.74, 6) is -1.91. The van der Waals surface area contributed by atoms with E-state index in [9.17, 15) is 13.6 Å². The minimum atomic E-state index is -1.57. The Balaban J connectivity index is 0.000001000. The van der Waals surface area contributed by atoms with E-state index >= 15 is 0 Å². The Labute approximate surface area is 69.0 Å². The summed E-state index contributed by atoms with van der Waals surface area (Å²) in [6.45, 7) is 0. The van der Waals surface area contributed by atoms with E-state index in [2.05, 4.69) is 0 Å². The highest BCUT2D eigenvalue weighted by molar-refractivity contribution is 5.85. The van der Waals surface area contributed by atoms with Crippen molar-refractivity contribution in [2.45, 2.75) is 25.2 Å². The molecule has 0 bridgehead atoms. The van der Waals surface area contributed by atoms with Crippen molar-refractivity contribution in [2.24, 2.45) is 5.92 Å². The molecule has 0 aliphatic heterocycles. The summed E-state index contributed by atoms with van der Waals surface area (Å²) in [6.07, 6.45) is -3.48. The van der Waals surface area contributed by atoms with Gasteiger partial charge in [0.1, 0.15) is 12.3 Å². The second-order valence-corrected chi connectivity index (χ2v) is 2.54. The van der Waals surface area contributed by atoms with Crippen molar-refractivity contribution in [3.63, 3.8) is 0 Å². The van der Waals surface area contributed by atoms with Crippen LogP contribution in [-0.2, 0) is 4.79 Å². The molecule has 66 valence electrons. The molecule has 0 heterocycles. The zero-order chi connectivity index (χ0) is 7.72. The average molecular weight is 187 g/mol. The molecule has 0 aromatic carbocycles. The van der Waals surface area contributed by atoms with E-state index in [0.717, 1.165) is 0 Å². The maximum Gasteiger partial charge on any atom is 0.306 e. The quantitative estimate of drug-likeness (QED) is 0.675. The molecule has 0 spiro atoms. The van der Waals surface area contributed by atoms with Gasteiger partial charge in [-0.2, -0.15) is 0 Å². The van der Waals surface area contributed by atoms with Gasteiger partial charge >= 0.3 is 5.97 Å². The Hall–Kier alpha value is -0.380. The van der Waals surface area contributed by atoms with Crippen molar-refractivity contribution < 1.29 is 18.7 Å². The maximum atomic E-state index is 12.3. The molecule has 1 fully saturated rings. The number of halogens is 3. The lowest BCUT2D eigenvalue weighted by molar-refractivity contribution is -0.141. The number of carbonyl (C=O) groups is 1. The van der Waals surface area contributed by atoms with Gasteiger partial charge in [-0.3, -0.25) is 4.79 Å². The topological polar surface area (TPSA) is 37.3 Å². The fourth-order valence-corrected chi connectivity index (χ4v) is 1.14. The molecule has 1 aliphatic rings. The monoisotopic (exact) mass is 186 g/mol. The zero-order valence-corrected chi connectivity index (χ0v) is 6.48. The number of hydrogen-bond acceptors (Lipinski definition) is 1. The van der Waals surface area contributed by atoms with Gasteiger partial charge in [-0.1, -0.05) is 0 Å². The summed E-state index contributed by atoms with van der Waals surface area (Å²) in [7, 11) is 0. The van der Waals surface area contributed by atoms with E-state index in [0.29, 0.717) is 0 Å². The van der Waals surface area contributed by atoms with Crippen LogP contribution in [0, 0.1) is 5.92 Å². The molecule has 0 radical (unpaired) electrons. The number of hydrogen-bond donors (Lipinski definition) is 1. The van der Waals surface area contributed by atoms with E-state index < -0.39 is 24.2 Å². The van der Waals surface area contributed by atoms with Gasteiger partial charge in [0.05, 0.1) is 5.92 Å². The van der Waals surface area contributed by atoms with Gasteiger partial charge in [0.2, 0.25) is 0 Å². The van der Waals surface area contributed by atoms with Crippen LogP contribution in [0.1, 0.15) is 12.8 Å². The molecular weight excluding hydrogens is 178 g/mol. The van der Waals surface area contributed by atoms with Crippen molar-refractivity contribution in [2.75, 3.05) is 0 Å². The first-order valence-corrected chi connectivity index (χ1v) is 3.12. The van der Waals surface area contributed by atoms with Crippen molar-refractivity contribution >= 4 is 18.4 Å². The van der Waals surface area contributed by atoms with Crippen molar-refractivity contribution in [3.05, 3.63) is 0 Å². The molecule has 1 saturated carbocycles. The fraction of sp³-hybridized carbons (Fsp3) is 0.833. The van der Waals surface area contributed by atoms with Crippen molar-refractivity contribution in [1.82, 2.24) is 0 Å². The minimum absolute atomic E-state index is 0. The minimum Gasteiger partial charge on any atom is -0.481 e. The third-order valence-electron chi connectivity index (χ3n) is 1.76. The molecule has 0 amide bonds. The van der Waals surface area contributed by atoms with E-state index in [1.165, 1.54) is 0 Å². The normalized spacial score (nSPS) is 36.4. The van der Waals surface area contributed by atoms with Crippen LogP contribution in [0.25, 0.3) is 0 Å². The standard InChI is InChI=1S/C6H8F2O2.ClH/c7-4-1-3(6(9)10)2-5(4)8;/h3-5H,1-2H2,(H,9,10);1H. The fourth-order valence-electron chi connectivity index (χ4n) is 1.14. The van der Waals surface area contributed by atoms with Gasteiger partial charge in [-0.25, -0.2) is 8.78 Å². The molecule has 2 nitrogen and oxygen atoms in total. The van der Waals surface area contributed by atoms with Gasteiger partial charge in [-0.05, 0) is 12.8 Å². The van der Waals surface area contributed by atoms with Gasteiger partial charge in [0.15, 0.2) is 0 Å². The Kier molecular flexibility index (Phi) is 3.72. The Morgan fingerprint density at radius 2 is 1.64 bits per heavy atom.